The molecule has 0 bridgehead atoms. The molecule has 118 valence electrons. The summed E-state index contributed by atoms with van der Waals surface area (Å²) in [4.78, 5) is 25.0. The zero-order chi connectivity index (χ0) is 16.3. The van der Waals surface area contributed by atoms with Crippen LogP contribution in [0.1, 0.15) is 37.6 Å². The van der Waals surface area contributed by atoms with Crippen molar-refractivity contribution in [1.82, 2.24) is 9.88 Å². The number of nitrogens with two attached hydrogens (primary N) is 1. The molecule has 0 saturated heterocycles. The van der Waals surface area contributed by atoms with Crippen LogP contribution in [0.5, 0.6) is 0 Å². The number of aryl methyl sites for hydroxylation is 1. The monoisotopic (exact) mass is 301 g/mol. The van der Waals surface area contributed by atoms with E-state index < -0.39 is 0 Å². The summed E-state index contributed by atoms with van der Waals surface area (Å²) in [7, 11) is 0. The Bertz CT molecular complexity index is 747. The Kier molecular flexibility index (Phi) is 4.85. The SMILES string of the molecule is CCCn1cc(C(=O)NCC(C)C)c(=O)c2c(N)cccc21. The topological polar surface area (TPSA) is 77.1 Å². The molecule has 0 saturated carbocycles. The van der Waals surface area contributed by atoms with Gasteiger partial charge in [0.2, 0.25) is 5.43 Å². The zero-order valence-electron chi connectivity index (χ0n) is 13.3. The number of carbonyl (C=O) groups excluding carboxylic acids is 1. The minimum Gasteiger partial charge on any atom is -0.398 e. The van der Waals surface area contributed by atoms with E-state index in [2.05, 4.69) is 12.2 Å². The van der Waals surface area contributed by atoms with Gasteiger partial charge in [0.05, 0.1) is 10.9 Å². The maximum Gasteiger partial charge on any atom is 0.256 e. The molecule has 0 aliphatic rings. The lowest BCUT2D eigenvalue weighted by molar-refractivity contribution is 0.0947. The molecule has 0 radical (unpaired) electrons. The number of anilines is 1. The van der Waals surface area contributed by atoms with Crippen LogP contribution in [-0.4, -0.2) is 17.0 Å². The van der Waals surface area contributed by atoms with E-state index in [0.29, 0.717) is 23.5 Å². The van der Waals surface area contributed by atoms with Crippen LogP contribution in [0.4, 0.5) is 5.69 Å². The second-order valence-corrected chi connectivity index (χ2v) is 5.91. The van der Waals surface area contributed by atoms with Crippen LogP contribution in [0.15, 0.2) is 29.2 Å². The van der Waals surface area contributed by atoms with Crippen LogP contribution in [0.2, 0.25) is 0 Å². The number of hydrogen-bond acceptors (Lipinski definition) is 3. The molecule has 0 aliphatic carbocycles. The summed E-state index contributed by atoms with van der Waals surface area (Å²) in [6, 6.07) is 5.37. The predicted molar refractivity (Wildman–Crippen MR) is 90.1 cm³/mol. The van der Waals surface area contributed by atoms with E-state index in [-0.39, 0.29) is 16.9 Å². The number of pyridine rings is 1. The molecule has 1 aromatic carbocycles. The number of rotatable bonds is 5. The Morgan fingerprint density at radius 1 is 1.36 bits per heavy atom. The molecule has 22 heavy (non-hydrogen) atoms. The lowest BCUT2D eigenvalue weighted by atomic mass is 10.1. The van der Waals surface area contributed by atoms with Crippen molar-refractivity contribution >= 4 is 22.5 Å². The summed E-state index contributed by atoms with van der Waals surface area (Å²) in [5, 5.41) is 3.22. The molecule has 0 aliphatic heterocycles. The van der Waals surface area contributed by atoms with Gasteiger partial charge in [0.15, 0.2) is 0 Å². The molecular formula is C17H23N3O2. The summed E-state index contributed by atoms with van der Waals surface area (Å²) in [5.41, 5.74) is 7.00. The third kappa shape index (κ3) is 3.13. The zero-order valence-corrected chi connectivity index (χ0v) is 13.3. The first-order chi connectivity index (χ1) is 10.5. The van der Waals surface area contributed by atoms with E-state index in [4.69, 9.17) is 5.73 Å². The molecule has 0 unspecified atom stereocenters. The van der Waals surface area contributed by atoms with Gasteiger partial charge in [-0.15, -0.1) is 0 Å². The summed E-state index contributed by atoms with van der Waals surface area (Å²) in [5.74, 6) is -0.0129. The van der Waals surface area contributed by atoms with Gasteiger partial charge in [0.25, 0.3) is 5.91 Å². The van der Waals surface area contributed by atoms with Crippen LogP contribution in [0, 0.1) is 5.92 Å². The Balaban J connectivity index is 2.60. The van der Waals surface area contributed by atoms with Crippen molar-refractivity contribution in [3.63, 3.8) is 0 Å². The van der Waals surface area contributed by atoms with Gasteiger partial charge in [-0.2, -0.15) is 0 Å². The quantitative estimate of drug-likeness (QED) is 0.832. The fourth-order valence-corrected chi connectivity index (χ4v) is 2.44. The average molecular weight is 301 g/mol. The molecule has 1 aromatic heterocycles. The van der Waals surface area contributed by atoms with Gasteiger partial charge in [-0.1, -0.05) is 26.8 Å². The second-order valence-electron chi connectivity index (χ2n) is 5.91. The highest BCUT2D eigenvalue weighted by molar-refractivity contribution is 6.00. The average Bonchev–Trinajstić information content (AvgIpc) is 2.47. The summed E-state index contributed by atoms with van der Waals surface area (Å²) < 4.78 is 1.93. The molecule has 5 heteroatoms. The van der Waals surface area contributed by atoms with Gasteiger partial charge >= 0.3 is 0 Å². The van der Waals surface area contributed by atoms with Crippen molar-refractivity contribution in [2.45, 2.75) is 33.7 Å². The summed E-state index contributed by atoms with van der Waals surface area (Å²) >= 11 is 0. The third-order valence-electron chi connectivity index (χ3n) is 3.52. The van der Waals surface area contributed by atoms with Gasteiger partial charge < -0.3 is 15.6 Å². The first-order valence-corrected chi connectivity index (χ1v) is 7.65. The molecule has 2 aromatic rings. The summed E-state index contributed by atoms with van der Waals surface area (Å²) in [6.45, 7) is 7.33. The highest BCUT2D eigenvalue weighted by Gasteiger charge is 2.16. The van der Waals surface area contributed by atoms with Gasteiger partial charge in [0, 0.05) is 25.0 Å². The molecule has 2 rings (SSSR count). The molecule has 3 N–H and O–H groups in total. The standard InChI is InChI=1S/C17H23N3O2/c1-4-8-20-10-12(17(22)19-9-11(2)3)16(21)15-13(18)6-5-7-14(15)20/h5-7,10-11H,4,8-9,18H2,1-3H3,(H,19,22). The number of nitrogens with one attached hydrogen (secondary N) is 1. The Hall–Kier alpha value is -2.30. The van der Waals surface area contributed by atoms with E-state index in [1.54, 1.807) is 12.3 Å². The smallest absolute Gasteiger partial charge is 0.256 e. The third-order valence-corrected chi connectivity index (χ3v) is 3.52. The lowest BCUT2D eigenvalue weighted by Crippen LogP contribution is -2.32. The van der Waals surface area contributed by atoms with Crippen molar-refractivity contribution in [2.75, 3.05) is 12.3 Å². The highest BCUT2D eigenvalue weighted by atomic mass is 16.2. The predicted octanol–water partition coefficient (Wildman–Crippen LogP) is 2.38. The molecule has 5 nitrogen and oxygen atoms in total. The van der Waals surface area contributed by atoms with Crippen molar-refractivity contribution in [3.8, 4) is 0 Å². The normalized spacial score (nSPS) is 11.1. The maximum atomic E-state index is 12.6. The second kappa shape index (κ2) is 6.64. The first kappa shape index (κ1) is 16.1. The number of carbonyl (C=O) groups is 1. The number of fused-ring (bicyclic) bond motifs is 1. The van der Waals surface area contributed by atoms with Crippen LogP contribution in [-0.2, 0) is 6.54 Å². The molecular weight excluding hydrogens is 278 g/mol. The van der Waals surface area contributed by atoms with Gasteiger partial charge in [-0.25, -0.2) is 0 Å². The van der Waals surface area contributed by atoms with Crippen LogP contribution in [0.3, 0.4) is 0 Å². The fraction of sp³-hybridized carbons (Fsp3) is 0.412. The molecule has 0 fully saturated rings. The van der Waals surface area contributed by atoms with Crippen LogP contribution >= 0.6 is 0 Å². The minimum absolute atomic E-state index is 0.152. The number of benzene rings is 1. The summed E-state index contributed by atoms with van der Waals surface area (Å²) in [6.07, 6.45) is 2.54. The fourth-order valence-electron chi connectivity index (χ4n) is 2.44. The molecule has 0 atom stereocenters. The largest absolute Gasteiger partial charge is 0.398 e. The van der Waals surface area contributed by atoms with Crippen LogP contribution in [0.25, 0.3) is 10.9 Å². The van der Waals surface area contributed by atoms with Crippen molar-refractivity contribution in [2.24, 2.45) is 5.92 Å². The number of hydrogen-bond donors (Lipinski definition) is 2. The maximum absolute atomic E-state index is 12.6. The minimum atomic E-state index is -0.339. The number of nitrogen functional groups attached to an aromatic ring is 1. The Labute approximate surface area is 130 Å². The van der Waals surface area contributed by atoms with Crippen molar-refractivity contribution in [1.29, 1.82) is 0 Å². The van der Waals surface area contributed by atoms with Crippen LogP contribution < -0.4 is 16.5 Å². The number of aromatic nitrogens is 1. The molecule has 1 amide bonds. The highest BCUT2D eigenvalue weighted by Crippen LogP contribution is 2.18. The van der Waals surface area contributed by atoms with Crippen molar-refractivity contribution < 1.29 is 4.79 Å². The van der Waals surface area contributed by atoms with E-state index in [0.717, 1.165) is 18.5 Å². The van der Waals surface area contributed by atoms with E-state index in [1.807, 2.05) is 30.5 Å². The van der Waals surface area contributed by atoms with Gasteiger partial charge in [0.1, 0.15) is 5.56 Å². The Morgan fingerprint density at radius 2 is 2.09 bits per heavy atom. The lowest BCUT2D eigenvalue weighted by Gasteiger charge is -2.14. The van der Waals surface area contributed by atoms with E-state index >= 15 is 0 Å². The van der Waals surface area contributed by atoms with Gasteiger partial charge in [-0.05, 0) is 24.5 Å². The first-order valence-electron chi connectivity index (χ1n) is 7.65. The number of amides is 1. The Morgan fingerprint density at radius 3 is 2.73 bits per heavy atom. The van der Waals surface area contributed by atoms with E-state index in [1.165, 1.54) is 0 Å². The van der Waals surface area contributed by atoms with Crippen molar-refractivity contribution in [3.05, 3.63) is 40.2 Å². The van der Waals surface area contributed by atoms with Gasteiger partial charge in [-0.3, -0.25) is 9.59 Å². The molecule has 0 spiro atoms. The molecule has 1 heterocycles. The van der Waals surface area contributed by atoms with E-state index in [9.17, 15) is 9.59 Å². The number of nitrogens with zero attached hydrogens (tertiary/aromatic N) is 1.